The van der Waals surface area contributed by atoms with Gasteiger partial charge in [-0.2, -0.15) is 10.4 Å². The second-order valence-electron chi connectivity index (χ2n) is 5.24. The Balaban J connectivity index is 1.53. The number of nitriles is 1. The molecule has 0 fully saturated rings. The van der Waals surface area contributed by atoms with Crippen molar-refractivity contribution in [1.82, 2.24) is 14.8 Å². The van der Waals surface area contributed by atoms with E-state index in [1.165, 1.54) is 6.33 Å². The Morgan fingerprint density at radius 1 is 1.12 bits per heavy atom. The largest absolute Gasteiger partial charge is 0.326 e. The molecule has 1 amide bonds. The van der Waals surface area contributed by atoms with Gasteiger partial charge in [-0.25, -0.2) is 9.67 Å². The van der Waals surface area contributed by atoms with Crippen LogP contribution in [-0.2, 0) is 11.2 Å². The lowest BCUT2D eigenvalue weighted by atomic mass is 10.1. The second-order valence-corrected chi connectivity index (χ2v) is 5.24. The van der Waals surface area contributed by atoms with Crippen molar-refractivity contribution in [2.75, 3.05) is 5.32 Å². The van der Waals surface area contributed by atoms with Crippen molar-refractivity contribution in [2.24, 2.45) is 0 Å². The van der Waals surface area contributed by atoms with E-state index in [4.69, 9.17) is 5.26 Å². The van der Waals surface area contributed by atoms with Gasteiger partial charge in [-0.05, 0) is 48.4 Å². The summed E-state index contributed by atoms with van der Waals surface area (Å²) in [5.41, 5.74) is 3.27. The summed E-state index contributed by atoms with van der Waals surface area (Å²) < 4.78 is 1.65. The molecule has 3 aromatic rings. The van der Waals surface area contributed by atoms with Crippen molar-refractivity contribution in [2.45, 2.75) is 12.8 Å². The van der Waals surface area contributed by atoms with Crippen LogP contribution in [0.15, 0.2) is 61.2 Å². The van der Waals surface area contributed by atoms with E-state index >= 15 is 0 Å². The highest BCUT2D eigenvalue weighted by molar-refractivity contribution is 5.90. The van der Waals surface area contributed by atoms with Crippen LogP contribution < -0.4 is 5.32 Å². The minimum Gasteiger partial charge on any atom is -0.326 e. The van der Waals surface area contributed by atoms with Crippen LogP contribution in [0.3, 0.4) is 0 Å². The SMILES string of the molecule is N#Cc1ccc(CCC(=O)Nc2ccc(-n3cncn3)cc2)cc1. The summed E-state index contributed by atoms with van der Waals surface area (Å²) in [5, 5.41) is 15.7. The highest BCUT2D eigenvalue weighted by atomic mass is 16.1. The lowest BCUT2D eigenvalue weighted by Crippen LogP contribution is -2.12. The second kappa shape index (κ2) is 7.20. The van der Waals surface area contributed by atoms with Crippen LogP contribution in [-0.4, -0.2) is 20.7 Å². The Morgan fingerprint density at radius 2 is 1.88 bits per heavy atom. The van der Waals surface area contributed by atoms with E-state index in [1.54, 1.807) is 23.1 Å². The van der Waals surface area contributed by atoms with Crippen molar-refractivity contribution >= 4 is 11.6 Å². The van der Waals surface area contributed by atoms with Gasteiger partial charge in [0.25, 0.3) is 0 Å². The first kappa shape index (κ1) is 15.4. The summed E-state index contributed by atoms with van der Waals surface area (Å²) in [7, 11) is 0. The van der Waals surface area contributed by atoms with Gasteiger partial charge in [0.15, 0.2) is 0 Å². The van der Waals surface area contributed by atoms with Crippen LogP contribution in [0.1, 0.15) is 17.5 Å². The molecule has 118 valence electrons. The molecule has 6 nitrogen and oxygen atoms in total. The molecule has 1 N–H and O–H groups in total. The van der Waals surface area contributed by atoms with E-state index in [-0.39, 0.29) is 5.91 Å². The van der Waals surface area contributed by atoms with Gasteiger partial charge in [-0.15, -0.1) is 0 Å². The van der Waals surface area contributed by atoms with Gasteiger partial charge in [-0.3, -0.25) is 4.79 Å². The fourth-order valence-electron chi connectivity index (χ4n) is 2.27. The number of amides is 1. The Hall–Kier alpha value is -3.46. The van der Waals surface area contributed by atoms with E-state index in [2.05, 4.69) is 21.5 Å². The number of nitrogens with one attached hydrogen (secondary N) is 1. The monoisotopic (exact) mass is 317 g/mol. The molecule has 0 atom stereocenters. The van der Waals surface area contributed by atoms with Gasteiger partial charge >= 0.3 is 0 Å². The number of hydrogen-bond donors (Lipinski definition) is 1. The van der Waals surface area contributed by atoms with Crippen LogP contribution in [0.2, 0.25) is 0 Å². The molecule has 2 aromatic carbocycles. The zero-order chi connectivity index (χ0) is 16.8. The molecule has 0 aliphatic rings. The predicted molar refractivity (Wildman–Crippen MR) is 89.5 cm³/mol. The summed E-state index contributed by atoms with van der Waals surface area (Å²) in [6.45, 7) is 0. The number of nitrogens with zero attached hydrogens (tertiary/aromatic N) is 4. The quantitative estimate of drug-likeness (QED) is 0.784. The summed E-state index contributed by atoms with van der Waals surface area (Å²) in [6, 6.07) is 16.7. The molecule has 0 aliphatic carbocycles. The Kier molecular flexibility index (Phi) is 4.63. The van der Waals surface area contributed by atoms with Gasteiger partial charge < -0.3 is 5.32 Å². The molecule has 0 radical (unpaired) electrons. The van der Waals surface area contributed by atoms with Crippen LogP contribution in [0, 0.1) is 11.3 Å². The lowest BCUT2D eigenvalue weighted by molar-refractivity contribution is -0.116. The first-order valence-electron chi connectivity index (χ1n) is 7.48. The zero-order valence-corrected chi connectivity index (χ0v) is 12.9. The van der Waals surface area contributed by atoms with Gasteiger partial charge in [-0.1, -0.05) is 12.1 Å². The first-order valence-corrected chi connectivity index (χ1v) is 7.48. The number of rotatable bonds is 5. The summed E-state index contributed by atoms with van der Waals surface area (Å²) in [6.07, 6.45) is 4.11. The average molecular weight is 317 g/mol. The summed E-state index contributed by atoms with van der Waals surface area (Å²) in [4.78, 5) is 15.9. The van der Waals surface area contributed by atoms with E-state index in [0.29, 0.717) is 18.4 Å². The van der Waals surface area contributed by atoms with Crippen LogP contribution in [0.4, 0.5) is 5.69 Å². The number of aryl methyl sites for hydroxylation is 1. The number of hydrogen-bond acceptors (Lipinski definition) is 4. The minimum atomic E-state index is -0.0483. The van der Waals surface area contributed by atoms with Crippen LogP contribution in [0.25, 0.3) is 5.69 Å². The Bertz CT molecular complexity index is 846. The lowest BCUT2D eigenvalue weighted by Gasteiger charge is -2.07. The summed E-state index contributed by atoms with van der Waals surface area (Å²) in [5.74, 6) is -0.0483. The third-order valence-electron chi connectivity index (χ3n) is 3.56. The molecule has 1 aromatic heterocycles. The Morgan fingerprint density at radius 3 is 2.50 bits per heavy atom. The van der Waals surface area contributed by atoms with E-state index < -0.39 is 0 Å². The smallest absolute Gasteiger partial charge is 0.224 e. The zero-order valence-electron chi connectivity index (χ0n) is 12.9. The van der Waals surface area contributed by atoms with Gasteiger partial charge in [0.05, 0.1) is 17.3 Å². The van der Waals surface area contributed by atoms with Crippen LogP contribution >= 0.6 is 0 Å². The van der Waals surface area contributed by atoms with Gasteiger partial charge in [0.2, 0.25) is 5.91 Å². The molecular weight excluding hydrogens is 302 g/mol. The average Bonchev–Trinajstić information content (AvgIpc) is 3.16. The normalized spacial score (nSPS) is 10.1. The number of benzene rings is 2. The standard InChI is InChI=1S/C18H15N5O/c19-11-15-3-1-14(2-4-15)5-10-18(24)22-16-6-8-17(9-7-16)23-13-20-12-21-23/h1-4,6-9,12-13H,5,10H2,(H,22,24). The molecule has 0 saturated heterocycles. The molecule has 0 unspecified atom stereocenters. The molecule has 0 spiro atoms. The number of carbonyl (C=O) groups is 1. The van der Waals surface area contributed by atoms with E-state index in [1.807, 2.05) is 36.4 Å². The maximum Gasteiger partial charge on any atom is 0.224 e. The number of anilines is 1. The Labute approximate surface area is 139 Å². The van der Waals surface area contributed by atoms with Gasteiger partial charge in [0.1, 0.15) is 12.7 Å². The third kappa shape index (κ3) is 3.84. The van der Waals surface area contributed by atoms with Gasteiger partial charge in [0, 0.05) is 12.1 Å². The summed E-state index contributed by atoms with van der Waals surface area (Å²) >= 11 is 0. The molecule has 1 heterocycles. The number of aromatic nitrogens is 3. The maximum atomic E-state index is 12.0. The van der Waals surface area contributed by atoms with E-state index in [0.717, 1.165) is 16.9 Å². The molecule has 3 rings (SSSR count). The third-order valence-corrected chi connectivity index (χ3v) is 3.56. The molecule has 6 heteroatoms. The van der Waals surface area contributed by atoms with Crippen molar-refractivity contribution in [3.63, 3.8) is 0 Å². The number of carbonyl (C=O) groups excluding carboxylic acids is 1. The van der Waals surface area contributed by atoms with Crippen molar-refractivity contribution < 1.29 is 4.79 Å². The predicted octanol–water partition coefficient (Wildman–Crippen LogP) is 2.71. The van der Waals surface area contributed by atoms with Crippen molar-refractivity contribution in [3.05, 3.63) is 72.3 Å². The highest BCUT2D eigenvalue weighted by Gasteiger charge is 2.04. The molecule has 0 saturated carbocycles. The van der Waals surface area contributed by atoms with Crippen molar-refractivity contribution in [3.8, 4) is 11.8 Å². The topological polar surface area (TPSA) is 83.6 Å². The molecular formula is C18H15N5O. The maximum absolute atomic E-state index is 12.0. The fraction of sp³-hybridized carbons (Fsp3) is 0.111. The highest BCUT2D eigenvalue weighted by Crippen LogP contribution is 2.13. The molecule has 0 bridgehead atoms. The molecule has 24 heavy (non-hydrogen) atoms. The fourth-order valence-corrected chi connectivity index (χ4v) is 2.27. The van der Waals surface area contributed by atoms with Crippen LogP contribution in [0.5, 0.6) is 0 Å². The first-order chi connectivity index (χ1) is 11.7. The molecule has 0 aliphatic heterocycles. The van der Waals surface area contributed by atoms with E-state index in [9.17, 15) is 4.79 Å². The van der Waals surface area contributed by atoms with Crippen molar-refractivity contribution in [1.29, 1.82) is 5.26 Å². The minimum absolute atomic E-state index is 0.0483.